The predicted molar refractivity (Wildman–Crippen MR) is 91.7 cm³/mol. The maximum Gasteiger partial charge on any atom is 0.127 e. The number of ether oxygens (including phenoxy) is 1. The molecule has 3 nitrogen and oxygen atoms in total. The van der Waals surface area contributed by atoms with E-state index in [9.17, 15) is 0 Å². The largest absolute Gasteiger partial charge is 0.457 e. The summed E-state index contributed by atoms with van der Waals surface area (Å²) in [4.78, 5) is 0. The first-order valence-corrected chi connectivity index (χ1v) is 8.27. The van der Waals surface area contributed by atoms with Gasteiger partial charge in [0.05, 0.1) is 11.7 Å². The van der Waals surface area contributed by atoms with Gasteiger partial charge in [0, 0.05) is 11.8 Å². The summed E-state index contributed by atoms with van der Waals surface area (Å²) >= 11 is 0. The monoisotopic (exact) mass is 304 g/mol. The first kappa shape index (κ1) is 14.1. The van der Waals surface area contributed by atoms with E-state index in [0.717, 1.165) is 22.8 Å². The fourth-order valence-corrected chi connectivity index (χ4v) is 3.18. The van der Waals surface area contributed by atoms with Gasteiger partial charge >= 0.3 is 0 Å². The number of hydrogen-bond donors (Lipinski definition) is 0. The van der Waals surface area contributed by atoms with E-state index in [1.807, 2.05) is 42.5 Å². The van der Waals surface area contributed by atoms with Crippen LogP contribution in [0.25, 0.3) is 11.3 Å². The topological polar surface area (TPSA) is 27.1 Å². The molecule has 0 atom stereocenters. The van der Waals surface area contributed by atoms with E-state index in [0.29, 0.717) is 6.04 Å². The van der Waals surface area contributed by atoms with Gasteiger partial charge in [0.25, 0.3) is 0 Å². The van der Waals surface area contributed by atoms with Crippen molar-refractivity contribution in [3.05, 3.63) is 66.9 Å². The number of benzene rings is 2. The Morgan fingerprint density at radius 1 is 0.826 bits per heavy atom. The summed E-state index contributed by atoms with van der Waals surface area (Å²) in [6.07, 6.45) is 7.27. The van der Waals surface area contributed by atoms with Gasteiger partial charge < -0.3 is 4.74 Å². The SMILES string of the molecule is c1ccc(Oc2ccc(-c3ccn(C4CCCC4)n3)cc2)cc1. The molecule has 0 radical (unpaired) electrons. The van der Waals surface area contributed by atoms with Gasteiger partial charge in [-0.15, -0.1) is 0 Å². The fourth-order valence-electron chi connectivity index (χ4n) is 3.18. The van der Waals surface area contributed by atoms with Gasteiger partial charge in [0.1, 0.15) is 11.5 Å². The number of nitrogens with zero attached hydrogens (tertiary/aromatic N) is 2. The number of hydrogen-bond acceptors (Lipinski definition) is 2. The van der Waals surface area contributed by atoms with Crippen molar-refractivity contribution in [2.45, 2.75) is 31.7 Å². The highest BCUT2D eigenvalue weighted by atomic mass is 16.5. The van der Waals surface area contributed by atoms with Crippen LogP contribution in [0.5, 0.6) is 11.5 Å². The Bertz CT molecular complexity index is 756. The highest BCUT2D eigenvalue weighted by molar-refractivity contribution is 5.59. The minimum atomic E-state index is 0.587. The molecule has 1 fully saturated rings. The van der Waals surface area contributed by atoms with Crippen LogP contribution in [0.4, 0.5) is 0 Å². The molecular weight excluding hydrogens is 284 g/mol. The normalized spacial score (nSPS) is 15.0. The first-order chi connectivity index (χ1) is 11.4. The minimum Gasteiger partial charge on any atom is -0.457 e. The highest BCUT2D eigenvalue weighted by Crippen LogP contribution is 2.30. The van der Waals surface area contributed by atoms with Gasteiger partial charge in [-0.3, -0.25) is 4.68 Å². The second-order valence-corrected chi connectivity index (χ2v) is 6.06. The van der Waals surface area contributed by atoms with Crippen LogP contribution >= 0.6 is 0 Å². The average Bonchev–Trinajstić information content (AvgIpc) is 3.28. The van der Waals surface area contributed by atoms with Crippen molar-refractivity contribution in [2.75, 3.05) is 0 Å². The lowest BCUT2D eigenvalue weighted by molar-refractivity contribution is 0.468. The predicted octanol–water partition coefficient (Wildman–Crippen LogP) is 5.46. The van der Waals surface area contributed by atoms with Gasteiger partial charge in [-0.05, 0) is 55.3 Å². The lowest BCUT2D eigenvalue weighted by Crippen LogP contribution is -2.04. The summed E-state index contributed by atoms with van der Waals surface area (Å²) < 4.78 is 7.97. The summed E-state index contributed by atoms with van der Waals surface area (Å²) in [6, 6.07) is 20.7. The Labute approximate surface area is 136 Å². The summed E-state index contributed by atoms with van der Waals surface area (Å²) in [6.45, 7) is 0. The summed E-state index contributed by atoms with van der Waals surface area (Å²) in [5.74, 6) is 1.70. The van der Waals surface area contributed by atoms with E-state index in [4.69, 9.17) is 9.84 Å². The number of para-hydroxylation sites is 1. The number of rotatable bonds is 4. The molecule has 3 heteroatoms. The van der Waals surface area contributed by atoms with Gasteiger partial charge in [0.2, 0.25) is 0 Å². The van der Waals surface area contributed by atoms with E-state index >= 15 is 0 Å². The van der Waals surface area contributed by atoms with Crippen LogP contribution in [-0.2, 0) is 0 Å². The van der Waals surface area contributed by atoms with Crippen LogP contribution in [-0.4, -0.2) is 9.78 Å². The molecule has 0 spiro atoms. The molecule has 1 aliphatic carbocycles. The lowest BCUT2D eigenvalue weighted by atomic mass is 10.1. The minimum absolute atomic E-state index is 0.587. The van der Waals surface area contributed by atoms with E-state index in [2.05, 4.69) is 29.1 Å². The second-order valence-electron chi connectivity index (χ2n) is 6.06. The maximum absolute atomic E-state index is 5.83. The van der Waals surface area contributed by atoms with Crippen LogP contribution in [0.1, 0.15) is 31.7 Å². The Morgan fingerprint density at radius 2 is 1.52 bits per heavy atom. The molecule has 0 saturated heterocycles. The van der Waals surface area contributed by atoms with Crippen molar-refractivity contribution in [1.29, 1.82) is 0 Å². The summed E-state index contributed by atoms with van der Waals surface area (Å²) in [5.41, 5.74) is 2.16. The Kier molecular flexibility index (Phi) is 3.85. The van der Waals surface area contributed by atoms with Gasteiger partial charge in [0.15, 0.2) is 0 Å². The molecule has 1 saturated carbocycles. The van der Waals surface area contributed by atoms with Gasteiger partial charge in [-0.1, -0.05) is 31.0 Å². The number of aromatic nitrogens is 2. The van der Waals surface area contributed by atoms with Crippen molar-refractivity contribution in [3.63, 3.8) is 0 Å². The summed E-state index contributed by atoms with van der Waals surface area (Å²) in [7, 11) is 0. The van der Waals surface area contributed by atoms with Gasteiger partial charge in [-0.2, -0.15) is 5.10 Å². The Morgan fingerprint density at radius 3 is 2.26 bits per heavy atom. The third kappa shape index (κ3) is 3.14. The third-order valence-corrected chi connectivity index (χ3v) is 4.44. The smallest absolute Gasteiger partial charge is 0.127 e. The van der Waals surface area contributed by atoms with E-state index < -0.39 is 0 Å². The Hall–Kier alpha value is -2.55. The standard InChI is InChI=1S/C20H20N2O/c1-2-8-18(9-3-1)23-19-12-10-16(11-13-19)20-14-15-22(21-20)17-6-4-5-7-17/h1-3,8-15,17H,4-7H2. The first-order valence-electron chi connectivity index (χ1n) is 8.27. The quantitative estimate of drug-likeness (QED) is 0.640. The Balaban J connectivity index is 1.49. The van der Waals surface area contributed by atoms with Crippen LogP contribution in [0, 0.1) is 0 Å². The molecule has 116 valence electrons. The zero-order valence-corrected chi connectivity index (χ0v) is 13.1. The lowest BCUT2D eigenvalue weighted by Gasteiger charge is -2.09. The van der Waals surface area contributed by atoms with Crippen LogP contribution in [0.3, 0.4) is 0 Å². The van der Waals surface area contributed by atoms with Crippen LogP contribution < -0.4 is 4.74 Å². The molecule has 1 aromatic heterocycles. The molecule has 0 N–H and O–H groups in total. The van der Waals surface area contributed by atoms with Crippen molar-refractivity contribution in [2.24, 2.45) is 0 Å². The molecule has 0 unspecified atom stereocenters. The molecular formula is C20H20N2O. The molecule has 1 heterocycles. The second kappa shape index (κ2) is 6.29. The molecule has 3 aromatic rings. The zero-order valence-electron chi connectivity index (χ0n) is 13.1. The van der Waals surface area contributed by atoms with Crippen LogP contribution in [0.15, 0.2) is 66.9 Å². The molecule has 23 heavy (non-hydrogen) atoms. The van der Waals surface area contributed by atoms with Crippen LogP contribution in [0.2, 0.25) is 0 Å². The molecule has 0 amide bonds. The van der Waals surface area contributed by atoms with E-state index in [1.54, 1.807) is 0 Å². The maximum atomic E-state index is 5.83. The van der Waals surface area contributed by atoms with Crippen molar-refractivity contribution in [1.82, 2.24) is 9.78 Å². The van der Waals surface area contributed by atoms with Crippen molar-refractivity contribution >= 4 is 0 Å². The zero-order chi connectivity index (χ0) is 15.5. The molecule has 0 aliphatic heterocycles. The van der Waals surface area contributed by atoms with Gasteiger partial charge in [-0.25, -0.2) is 0 Å². The van der Waals surface area contributed by atoms with Crippen molar-refractivity contribution in [3.8, 4) is 22.8 Å². The molecule has 4 rings (SSSR count). The average molecular weight is 304 g/mol. The fraction of sp³-hybridized carbons (Fsp3) is 0.250. The van der Waals surface area contributed by atoms with Crippen molar-refractivity contribution < 1.29 is 4.74 Å². The highest BCUT2D eigenvalue weighted by Gasteiger charge is 2.17. The molecule has 2 aromatic carbocycles. The van der Waals surface area contributed by atoms with E-state index in [1.165, 1.54) is 25.7 Å². The summed E-state index contributed by atoms with van der Waals surface area (Å²) in [5, 5.41) is 4.75. The third-order valence-electron chi connectivity index (χ3n) is 4.44. The van der Waals surface area contributed by atoms with E-state index in [-0.39, 0.29) is 0 Å². The molecule has 1 aliphatic rings. The molecule has 0 bridgehead atoms.